The van der Waals surface area contributed by atoms with Gasteiger partial charge in [-0.3, -0.25) is 0 Å². The maximum absolute atomic E-state index is 4.58. The molecule has 5 nitrogen and oxygen atoms in total. The second kappa shape index (κ2) is 5.63. The third-order valence-electron chi connectivity index (χ3n) is 5.15. The largest absolute Gasteiger partial charge is 0.356 e. The third-order valence-corrected chi connectivity index (χ3v) is 5.15. The van der Waals surface area contributed by atoms with Crippen molar-refractivity contribution >= 4 is 5.82 Å². The zero-order valence-electron chi connectivity index (χ0n) is 12.9. The van der Waals surface area contributed by atoms with Crippen LogP contribution in [-0.2, 0) is 6.42 Å². The molecule has 0 bridgehead atoms. The van der Waals surface area contributed by atoms with Gasteiger partial charge in [-0.25, -0.2) is 19.9 Å². The van der Waals surface area contributed by atoms with Gasteiger partial charge in [0.15, 0.2) is 0 Å². The minimum Gasteiger partial charge on any atom is -0.356 e. The van der Waals surface area contributed by atoms with Gasteiger partial charge in [0.05, 0.1) is 0 Å². The summed E-state index contributed by atoms with van der Waals surface area (Å²) in [6.45, 7) is 4.20. The number of hydrogen-bond donors (Lipinski definition) is 0. The van der Waals surface area contributed by atoms with E-state index in [9.17, 15) is 0 Å². The van der Waals surface area contributed by atoms with Gasteiger partial charge in [-0.05, 0) is 49.7 Å². The van der Waals surface area contributed by atoms with Gasteiger partial charge in [0, 0.05) is 38.1 Å². The van der Waals surface area contributed by atoms with E-state index in [0.717, 1.165) is 48.8 Å². The summed E-state index contributed by atoms with van der Waals surface area (Å²) in [5.74, 6) is 5.17. The Morgan fingerprint density at radius 3 is 2.77 bits per heavy atom. The Bertz CT molecular complexity index is 645. The predicted octanol–water partition coefficient (Wildman–Crippen LogP) is 2.28. The molecule has 0 aromatic carbocycles. The van der Waals surface area contributed by atoms with Crippen molar-refractivity contribution in [2.24, 2.45) is 17.8 Å². The number of hydrogen-bond acceptors (Lipinski definition) is 5. The standard InChI is InChI=1S/C17H21N5/c1-12-18-8-5-17(21-12)22-10-14-4-3-13(15(14)11-22)9-16-19-6-2-7-20-16/h2,5-8,13-15H,3-4,9-11H2,1H3/t13-,14-,15-/m1/s1. The van der Waals surface area contributed by atoms with Crippen molar-refractivity contribution < 1.29 is 0 Å². The predicted molar refractivity (Wildman–Crippen MR) is 84.4 cm³/mol. The van der Waals surface area contributed by atoms with E-state index < -0.39 is 0 Å². The van der Waals surface area contributed by atoms with E-state index in [4.69, 9.17) is 0 Å². The highest BCUT2D eigenvalue weighted by Crippen LogP contribution is 2.44. The van der Waals surface area contributed by atoms with E-state index in [1.165, 1.54) is 12.8 Å². The third kappa shape index (κ3) is 2.56. The van der Waals surface area contributed by atoms with Gasteiger partial charge in [0.2, 0.25) is 0 Å². The van der Waals surface area contributed by atoms with E-state index in [1.807, 2.05) is 37.6 Å². The molecule has 1 aliphatic carbocycles. The molecule has 22 heavy (non-hydrogen) atoms. The molecule has 2 aromatic heterocycles. The first kappa shape index (κ1) is 13.6. The van der Waals surface area contributed by atoms with Crippen molar-refractivity contribution in [1.82, 2.24) is 19.9 Å². The summed E-state index contributed by atoms with van der Waals surface area (Å²) < 4.78 is 0. The molecule has 5 heteroatoms. The van der Waals surface area contributed by atoms with E-state index in [2.05, 4.69) is 24.8 Å². The molecule has 4 rings (SSSR count). The van der Waals surface area contributed by atoms with Gasteiger partial charge in [-0.15, -0.1) is 0 Å². The Hall–Kier alpha value is -2.04. The lowest BCUT2D eigenvalue weighted by atomic mass is 9.90. The Morgan fingerprint density at radius 1 is 1.09 bits per heavy atom. The zero-order chi connectivity index (χ0) is 14.9. The SMILES string of the molecule is Cc1nccc(N2C[C@H]3CC[C@H](Cc4ncccn4)[C@H]3C2)n1. The van der Waals surface area contributed by atoms with Crippen molar-refractivity contribution in [3.63, 3.8) is 0 Å². The van der Waals surface area contributed by atoms with Crippen molar-refractivity contribution in [2.75, 3.05) is 18.0 Å². The molecule has 1 saturated heterocycles. The van der Waals surface area contributed by atoms with Crippen LogP contribution in [0.2, 0.25) is 0 Å². The number of rotatable bonds is 3. The Morgan fingerprint density at radius 2 is 1.95 bits per heavy atom. The van der Waals surface area contributed by atoms with Crippen molar-refractivity contribution in [3.8, 4) is 0 Å². The van der Waals surface area contributed by atoms with Crippen LogP contribution in [0.3, 0.4) is 0 Å². The zero-order valence-corrected chi connectivity index (χ0v) is 12.9. The molecular weight excluding hydrogens is 274 g/mol. The molecule has 0 amide bonds. The molecule has 2 fully saturated rings. The molecule has 0 unspecified atom stereocenters. The fraction of sp³-hybridized carbons (Fsp3) is 0.529. The summed E-state index contributed by atoms with van der Waals surface area (Å²) in [5, 5.41) is 0. The Kier molecular flexibility index (Phi) is 3.48. The summed E-state index contributed by atoms with van der Waals surface area (Å²) in [7, 11) is 0. The maximum Gasteiger partial charge on any atom is 0.132 e. The molecule has 0 N–H and O–H groups in total. The number of aromatic nitrogens is 4. The highest BCUT2D eigenvalue weighted by Gasteiger charge is 2.43. The van der Waals surface area contributed by atoms with Gasteiger partial charge >= 0.3 is 0 Å². The summed E-state index contributed by atoms with van der Waals surface area (Å²) in [6.07, 6.45) is 9.20. The molecule has 2 aliphatic rings. The summed E-state index contributed by atoms with van der Waals surface area (Å²) >= 11 is 0. The van der Waals surface area contributed by atoms with Crippen molar-refractivity contribution in [2.45, 2.75) is 26.2 Å². The van der Waals surface area contributed by atoms with E-state index in [-0.39, 0.29) is 0 Å². The lowest BCUT2D eigenvalue weighted by Gasteiger charge is -2.21. The molecular formula is C17H21N5. The smallest absolute Gasteiger partial charge is 0.132 e. The Balaban J connectivity index is 1.47. The van der Waals surface area contributed by atoms with Crippen LogP contribution in [0.4, 0.5) is 5.82 Å². The quantitative estimate of drug-likeness (QED) is 0.869. The minimum absolute atomic E-state index is 0.709. The number of fused-ring (bicyclic) bond motifs is 1. The van der Waals surface area contributed by atoms with Crippen LogP contribution < -0.4 is 4.90 Å². The van der Waals surface area contributed by atoms with Gasteiger partial charge < -0.3 is 4.90 Å². The van der Waals surface area contributed by atoms with Crippen LogP contribution >= 0.6 is 0 Å². The maximum atomic E-state index is 4.58. The molecule has 3 heterocycles. The van der Waals surface area contributed by atoms with Gasteiger partial charge in [0.25, 0.3) is 0 Å². The first-order valence-electron chi connectivity index (χ1n) is 8.10. The lowest BCUT2D eigenvalue weighted by molar-refractivity contribution is 0.370. The van der Waals surface area contributed by atoms with E-state index in [1.54, 1.807) is 0 Å². The fourth-order valence-corrected chi connectivity index (χ4v) is 4.11. The number of aryl methyl sites for hydroxylation is 1. The van der Waals surface area contributed by atoms with Crippen LogP contribution in [-0.4, -0.2) is 33.0 Å². The average Bonchev–Trinajstić information content (AvgIpc) is 3.11. The van der Waals surface area contributed by atoms with Crippen LogP contribution in [0.5, 0.6) is 0 Å². The molecule has 0 radical (unpaired) electrons. The molecule has 1 saturated carbocycles. The number of nitrogens with zero attached hydrogens (tertiary/aromatic N) is 5. The normalized spacial score (nSPS) is 27.1. The van der Waals surface area contributed by atoms with Gasteiger partial charge in [-0.2, -0.15) is 0 Å². The monoisotopic (exact) mass is 295 g/mol. The topological polar surface area (TPSA) is 54.8 Å². The van der Waals surface area contributed by atoms with E-state index in [0.29, 0.717) is 5.92 Å². The second-order valence-electron chi connectivity index (χ2n) is 6.50. The minimum atomic E-state index is 0.709. The summed E-state index contributed by atoms with van der Waals surface area (Å²) in [4.78, 5) is 20.0. The first-order chi connectivity index (χ1) is 10.8. The molecule has 0 spiro atoms. The van der Waals surface area contributed by atoms with Crippen LogP contribution in [0.15, 0.2) is 30.7 Å². The van der Waals surface area contributed by atoms with Crippen molar-refractivity contribution in [1.29, 1.82) is 0 Å². The van der Waals surface area contributed by atoms with Gasteiger partial charge in [-0.1, -0.05) is 0 Å². The van der Waals surface area contributed by atoms with Crippen LogP contribution in [0, 0.1) is 24.7 Å². The lowest BCUT2D eigenvalue weighted by Crippen LogP contribution is -2.24. The van der Waals surface area contributed by atoms with Crippen molar-refractivity contribution in [3.05, 3.63) is 42.4 Å². The van der Waals surface area contributed by atoms with Gasteiger partial charge in [0.1, 0.15) is 17.5 Å². The van der Waals surface area contributed by atoms with E-state index >= 15 is 0 Å². The highest BCUT2D eigenvalue weighted by atomic mass is 15.2. The average molecular weight is 295 g/mol. The Labute approximate surface area is 130 Å². The fourth-order valence-electron chi connectivity index (χ4n) is 4.11. The summed E-state index contributed by atoms with van der Waals surface area (Å²) in [5.41, 5.74) is 0. The van der Waals surface area contributed by atoms with Crippen LogP contribution in [0.25, 0.3) is 0 Å². The molecule has 3 atom stereocenters. The van der Waals surface area contributed by atoms with Crippen LogP contribution in [0.1, 0.15) is 24.5 Å². The molecule has 1 aliphatic heterocycles. The highest BCUT2D eigenvalue weighted by molar-refractivity contribution is 5.39. The second-order valence-corrected chi connectivity index (χ2v) is 6.50. The number of anilines is 1. The molecule has 114 valence electrons. The first-order valence-corrected chi connectivity index (χ1v) is 8.10. The molecule has 2 aromatic rings. The summed E-state index contributed by atoms with van der Waals surface area (Å²) in [6, 6.07) is 3.92.